The first kappa shape index (κ1) is 20.1. The van der Waals surface area contributed by atoms with Gasteiger partial charge in [0.15, 0.2) is 5.78 Å². The maximum atomic E-state index is 12.4. The minimum Gasteiger partial charge on any atom is -0.406 e. The van der Waals surface area contributed by atoms with Crippen molar-refractivity contribution >= 4 is 11.9 Å². The van der Waals surface area contributed by atoms with Gasteiger partial charge in [0.1, 0.15) is 5.75 Å². The van der Waals surface area contributed by atoms with Crippen molar-refractivity contribution in [2.45, 2.75) is 19.2 Å². The normalized spacial score (nSPS) is 18.3. The Bertz CT molecular complexity index is 801. The van der Waals surface area contributed by atoms with E-state index in [1.54, 1.807) is 12.1 Å². The number of carbonyl (C=O) groups is 1. The zero-order valence-corrected chi connectivity index (χ0v) is 15.4. The van der Waals surface area contributed by atoms with Crippen molar-refractivity contribution in [3.05, 3.63) is 71.8 Å². The highest BCUT2D eigenvalue weighted by molar-refractivity contribution is 5.97. The number of piperidine rings is 1. The van der Waals surface area contributed by atoms with Crippen LogP contribution in [-0.4, -0.2) is 36.7 Å². The van der Waals surface area contributed by atoms with Crippen LogP contribution in [0.15, 0.2) is 60.7 Å². The molecule has 1 heterocycles. The second kappa shape index (κ2) is 9.06. The van der Waals surface area contributed by atoms with E-state index in [-0.39, 0.29) is 11.5 Å². The molecule has 0 N–H and O–H groups in total. The zero-order chi connectivity index (χ0) is 20.0. The van der Waals surface area contributed by atoms with Gasteiger partial charge in [-0.3, -0.25) is 9.69 Å². The number of nitrogens with zero attached hydrogens (tertiary/aromatic N) is 1. The molecule has 1 saturated heterocycles. The van der Waals surface area contributed by atoms with Crippen molar-refractivity contribution in [1.29, 1.82) is 0 Å². The Labute approximate surface area is 162 Å². The van der Waals surface area contributed by atoms with E-state index in [1.165, 1.54) is 12.1 Å². The summed E-state index contributed by atoms with van der Waals surface area (Å²) >= 11 is 0. The van der Waals surface area contributed by atoms with E-state index in [2.05, 4.69) is 15.7 Å². The van der Waals surface area contributed by atoms with Crippen LogP contribution in [0.25, 0.3) is 6.08 Å². The van der Waals surface area contributed by atoms with Gasteiger partial charge >= 0.3 is 6.36 Å². The summed E-state index contributed by atoms with van der Waals surface area (Å²) in [6.45, 7) is 2.09. The first-order chi connectivity index (χ1) is 13.4. The van der Waals surface area contributed by atoms with Crippen LogP contribution in [0.2, 0.25) is 0 Å². The molecule has 6 heteroatoms. The fraction of sp³-hybridized carbons (Fsp3) is 0.318. The molecule has 1 unspecified atom stereocenters. The first-order valence-electron chi connectivity index (χ1n) is 9.24. The second-order valence-corrected chi connectivity index (χ2v) is 6.90. The summed E-state index contributed by atoms with van der Waals surface area (Å²) in [7, 11) is 0. The maximum absolute atomic E-state index is 12.4. The highest BCUT2D eigenvalue weighted by atomic mass is 19.4. The van der Waals surface area contributed by atoms with Crippen LogP contribution in [0.4, 0.5) is 13.2 Å². The Morgan fingerprint density at radius 3 is 2.50 bits per heavy atom. The van der Waals surface area contributed by atoms with Crippen molar-refractivity contribution in [3.63, 3.8) is 0 Å². The molecule has 1 aliphatic rings. The van der Waals surface area contributed by atoms with E-state index >= 15 is 0 Å². The Kier molecular flexibility index (Phi) is 6.52. The number of ether oxygens (including phenoxy) is 1. The van der Waals surface area contributed by atoms with Crippen LogP contribution in [0, 0.1) is 5.92 Å². The molecule has 2 aromatic carbocycles. The highest BCUT2D eigenvalue weighted by Crippen LogP contribution is 2.24. The van der Waals surface area contributed by atoms with Gasteiger partial charge in [-0.25, -0.2) is 0 Å². The molecular formula is C22H22F3NO2. The molecule has 2 aromatic rings. The Morgan fingerprint density at radius 2 is 1.82 bits per heavy atom. The number of carbonyl (C=O) groups excluding carboxylic acids is 1. The molecular weight excluding hydrogens is 367 g/mol. The largest absolute Gasteiger partial charge is 0.573 e. The predicted molar refractivity (Wildman–Crippen MR) is 102 cm³/mol. The van der Waals surface area contributed by atoms with Crippen LogP contribution in [0.1, 0.15) is 28.8 Å². The third-order valence-electron chi connectivity index (χ3n) is 4.68. The maximum Gasteiger partial charge on any atom is 0.573 e. The molecule has 0 amide bonds. The minimum atomic E-state index is -4.68. The van der Waals surface area contributed by atoms with Gasteiger partial charge in [0.05, 0.1) is 6.54 Å². The van der Waals surface area contributed by atoms with E-state index in [0.29, 0.717) is 12.5 Å². The number of ketones is 1. The number of rotatable bonds is 6. The molecule has 0 aromatic heterocycles. The lowest BCUT2D eigenvalue weighted by molar-refractivity contribution is -0.274. The van der Waals surface area contributed by atoms with Gasteiger partial charge in [-0.15, -0.1) is 13.2 Å². The van der Waals surface area contributed by atoms with Gasteiger partial charge in [-0.1, -0.05) is 54.6 Å². The van der Waals surface area contributed by atoms with Crippen molar-refractivity contribution < 1.29 is 22.7 Å². The molecule has 0 saturated carbocycles. The van der Waals surface area contributed by atoms with E-state index in [9.17, 15) is 18.0 Å². The van der Waals surface area contributed by atoms with Gasteiger partial charge < -0.3 is 4.74 Å². The number of likely N-dealkylation sites (tertiary alicyclic amines) is 1. The van der Waals surface area contributed by atoms with Crippen LogP contribution in [0.5, 0.6) is 5.75 Å². The average Bonchev–Trinajstić information content (AvgIpc) is 2.67. The summed E-state index contributed by atoms with van der Waals surface area (Å²) in [5, 5.41) is 0. The molecule has 3 rings (SSSR count). The van der Waals surface area contributed by atoms with E-state index in [0.717, 1.165) is 37.1 Å². The molecule has 1 fully saturated rings. The molecule has 0 spiro atoms. The fourth-order valence-electron chi connectivity index (χ4n) is 3.34. The Hall–Kier alpha value is -2.60. The monoisotopic (exact) mass is 389 g/mol. The number of halogens is 3. The summed E-state index contributed by atoms with van der Waals surface area (Å²) in [4.78, 5) is 14.5. The third-order valence-corrected chi connectivity index (χ3v) is 4.68. The van der Waals surface area contributed by atoms with Crippen LogP contribution < -0.4 is 4.74 Å². The zero-order valence-electron chi connectivity index (χ0n) is 15.4. The lowest BCUT2D eigenvalue weighted by Crippen LogP contribution is -2.38. The van der Waals surface area contributed by atoms with Crippen molar-refractivity contribution in [2.24, 2.45) is 5.92 Å². The van der Waals surface area contributed by atoms with E-state index < -0.39 is 6.36 Å². The van der Waals surface area contributed by atoms with Gasteiger partial charge in [0.2, 0.25) is 0 Å². The molecule has 148 valence electrons. The van der Waals surface area contributed by atoms with Crippen molar-refractivity contribution in [1.82, 2.24) is 4.90 Å². The van der Waals surface area contributed by atoms with Crippen molar-refractivity contribution in [2.75, 3.05) is 19.6 Å². The smallest absolute Gasteiger partial charge is 0.406 e. The molecule has 0 aliphatic carbocycles. The van der Waals surface area contributed by atoms with Crippen LogP contribution >= 0.6 is 0 Å². The minimum absolute atomic E-state index is 0.116. The number of hydrogen-bond acceptors (Lipinski definition) is 3. The highest BCUT2D eigenvalue weighted by Gasteiger charge is 2.30. The number of Topliss-reactive ketones (excluding diaryl/α,β-unsaturated/α-hetero) is 1. The number of benzene rings is 2. The SMILES string of the molecule is O=C(CN1CCCC(/C=C/c2ccc(OC(F)(F)F)cc2)C1)c1ccccc1. The predicted octanol–water partition coefficient (Wildman–Crippen LogP) is 5.19. The van der Waals surface area contributed by atoms with E-state index in [1.807, 2.05) is 36.4 Å². The number of hydrogen-bond donors (Lipinski definition) is 0. The molecule has 0 bridgehead atoms. The van der Waals surface area contributed by atoms with E-state index in [4.69, 9.17) is 0 Å². The lowest BCUT2D eigenvalue weighted by Gasteiger charge is -2.30. The first-order valence-corrected chi connectivity index (χ1v) is 9.24. The molecule has 0 radical (unpaired) electrons. The summed E-state index contributed by atoms with van der Waals surface area (Å²) in [6, 6.07) is 15.1. The Morgan fingerprint density at radius 1 is 1.11 bits per heavy atom. The topological polar surface area (TPSA) is 29.5 Å². The fourth-order valence-corrected chi connectivity index (χ4v) is 3.34. The van der Waals surface area contributed by atoms with Crippen molar-refractivity contribution in [3.8, 4) is 5.75 Å². The molecule has 28 heavy (non-hydrogen) atoms. The molecule has 1 atom stereocenters. The summed E-state index contributed by atoms with van der Waals surface area (Å²) < 4.78 is 40.5. The standard InChI is InChI=1S/C22H22F3NO2/c23-22(24,25)28-20-12-10-17(11-13-20)8-9-18-5-4-14-26(15-18)16-21(27)19-6-2-1-3-7-19/h1-3,6-13,18H,4-5,14-16H2/b9-8+. The third kappa shape index (κ3) is 6.23. The summed E-state index contributed by atoms with van der Waals surface area (Å²) in [5.74, 6) is 0.196. The van der Waals surface area contributed by atoms with Gasteiger partial charge in [0.25, 0.3) is 0 Å². The van der Waals surface area contributed by atoms with Crippen LogP contribution in [-0.2, 0) is 0 Å². The number of alkyl halides is 3. The van der Waals surface area contributed by atoms with Crippen LogP contribution in [0.3, 0.4) is 0 Å². The summed E-state index contributed by atoms with van der Waals surface area (Å²) in [6.07, 6.45) is 1.33. The quantitative estimate of drug-likeness (QED) is 0.637. The second-order valence-electron chi connectivity index (χ2n) is 6.90. The lowest BCUT2D eigenvalue weighted by atomic mass is 9.96. The molecule has 3 nitrogen and oxygen atoms in total. The Balaban J connectivity index is 1.53. The van der Waals surface area contributed by atoms with Gasteiger partial charge in [-0.05, 0) is 43.0 Å². The molecule has 1 aliphatic heterocycles. The van der Waals surface area contributed by atoms with Gasteiger partial charge in [0, 0.05) is 12.1 Å². The average molecular weight is 389 g/mol. The van der Waals surface area contributed by atoms with Gasteiger partial charge in [-0.2, -0.15) is 0 Å². The summed E-state index contributed by atoms with van der Waals surface area (Å²) in [5.41, 5.74) is 1.54.